The minimum Gasteiger partial charge on any atom is -1.00 e. The molecule has 0 aromatic heterocycles. The fourth-order valence-electron chi connectivity index (χ4n) is 5.28. The maximum absolute atomic E-state index is 2.44. The van der Waals surface area contributed by atoms with Crippen LogP contribution in [0, 0.1) is 5.92 Å². The van der Waals surface area contributed by atoms with E-state index in [1.54, 1.807) is 25.0 Å². The van der Waals surface area contributed by atoms with Crippen LogP contribution in [-0.4, -0.2) is 0 Å². The summed E-state index contributed by atoms with van der Waals surface area (Å²) >= 11 is -2.30. The normalized spacial score (nSPS) is 20.8. The van der Waals surface area contributed by atoms with Gasteiger partial charge in [-0.15, -0.1) is 0 Å². The third-order valence-corrected chi connectivity index (χ3v) is 19.1. The largest absolute Gasteiger partial charge is 1.00 e. The first-order chi connectivity index (χ1) is 11.2. The molecule has 0 bridgehead atoms. The number of rotatable bonds is 2. The van der Waals surface area contributed by atoms with Gasteiger partial charge in [-0.25, -0.2) is 0 Å². The molecule has 1 fully saturated rings. The number of hydrogen-bond donors (Lipinski definition) is 0. The Hall–Kier alpha value is -0.617. The smallest absolute Gasteiger partial charge is 1.00 e. The van der Waals surface area contributed by atoms with Crippen LogP contribution in [0.5, 0.6) is 0 Å². The summed E-state index contributed by atoms with van der Waals surface area (Å²) < 4.78 is 5.75. The Kier molecular flexibility index (Phi) is 5.24. The zero-order valence-electron chi connectivity index (χ0n) is 14.6. The van der Waals surface area contributed by atoms with Crippen LogP contribution in [0.25, 0.3) is 11.1 Å². The average molecular weight is 449 g/mol. The number of halogens is 2. The summed E-state index contributed by atoms with van der Waals surface area (Å²) in [4.78, 5) is 0. The second-order valence-corrected chi connectivity index (χ2v) is 18.4. The van der Waals surface area contributed by atoms with E-state index < -0.39 is 20.3 Å². The molecular weight excluding hydrogens is 426 g/mol. The van der Waals surface area contributed by atoms with Crippen molar-refractivity contribution in [3.8, 4) is 11.1 Å². The molecule has 0 amide bonds. The molecule has 0 saturated carbocycles. The van der Waals surface area contributed by atoms with Crippen LogP contribution < -0.4 is 24.8 Å². The quantitative estimate of drug-likeness (QED) is 0.618. The molecule has 1 aliphatic heterocycles. The van der Waals surface area contributed by atoms with Crippen molar-refractivity contribution in [1.29, 1.82) is 0 Å². The van der Waals surface area contributed by atoms with Crippen LogP contribution in [0.1, 0.15) is 28.6 Å². The van der Waals surface area contributed by atoms with Crippen molar-refractivity contribution < 1.29 is 45.1 Å². The van der Waals surface area contributed by atoms with Crippen LogP contribution in [0.4, 0.5) is 0 Å². The summed E-state index contributed by atoms with van der Waals surface area (Å²) in [5.74, 6) is 0.688. The molecule has 0 N–H and O–H groups in total. The van der Waals surface area contributed by atoms with E-state index in [9.17, 15) is 0 Å². The van der Waals surface area contributed by atoms with Crippen molar-refractivity contribution in [3.05, 3.63) is 80.7 Å². The van der Waals surface area contributed by atoms with Crippen molar-refractivity contribution in [2.75, 3.05) is 0 Å². The van der Waals surface area contributed by atoms with Crippen molar-refractivity contribution in [2.45, 2.75) is 25.7 Å². The van der Waals surface area contributed by atoms with Gasteiger partial charge in [-0.1, -0.05) is 0 Å². The summed E-state index contributed by atoms with van der Waals surface area (Å²) in [6.07, 6.45) is 4.83. The molecule has 1 unspecified atom stereocenters. The number of benzene rings is 2. The predicted molar refractivity (Wildman–Crippen MR) is 94.3 cm³/mol. The second kappa shape index (κ2) is 6.84. The van der Waals surface area contributed by atoms with E-state index in [0.29, 0.717) is 5.92 Å². The molecule has 2 aromatic carbocycles. The predicted octanol–water partition coefficient (Wildman–Crippen LogP) is 0.248. The molecular formula is C22H22Cl2Zr. The fraction of sp³-hybridized carbons (Fsp3) is 0.273. The standard InChI is InChI=1S/C13H9.C7H9.C2H4.2ClH.Zr/c1-3-7-12-10(5-1)9-11-6-2-4-8-13(11)12;1-6-3-4-7(2)5-6;1-2;;;/h1-9H;3-4,6H,1-2H3;1-2H2;2*1H;/q;;;;;+2/p-2. The van der Waals surface area contributed by atoms with E-state index in [2.05, 4.69) is 74.5 Å². The summed E-state index contributed by atoms with van der Waals surface area (Å²) in [5, 5.41) is 0. The van der Waals surface area contributed by atoms with Crippen LogP contribution >= 0.6 is 0 Å². The van der Waals surface area contributed by atoms with Gasteiger partial charge >= 0.3 is 144 Å². The Morgan fingerprint density at radius 1 is 0.840 bits per heavy atom. The molecule has 5 rings (SSSR count). The number of allylic oxidation sites excluding steroid dienone is 4. The van der Waals surface area contributed by atoms with Gasteiger partial charge in [0, 0.05) is 0 Å². The first-order valence-corrected chi connectivity index (χ1v) is 14.9. The van der Waals surface area contributed by atoms with Crippen molar-refractivity contribution in [1.82, 2.24) is 0 Å². The Morgan fingerprint density at radius 2 is 1.36 bits per heavy atom. The molecule has 25 heavy (non-hydrogen) atoms. The first kappa shape index (κ1) is 19.2. The Bertz CT molecular complexity index is 832. The van der Waals surface area contributed by atoms with Gasteiger partial charge in [0.25, 0.3) is 0 Å². The summed E-state index contributed by atoms with van der Waals surface area (Å²) in [6, 6.07) is 18.4. The first-order valence-electron chi connectivity index (χ1n) is 8.80. The average Bonchev–Trinajstić information content (AvgIpc) is 3.17. The molecule has 0 radical (unpaired) electrons. The van der Waals surface area contributed by atoms with Crippen LogP contribution in [0.15, 0.2) is 69.5 Å². The third-order valence-electron chi connectivity index (χ3n) is 6.23. The maximum Gasteiger partial charge on any atom is -1.00 e. The second-order valence-electron chi connectivity index (χ2n) is 7.51. The molecule has 1 saturated heterocycles. The van der Waals surface area contributed by atoms with E-state index in [1.165, 1.54) is 11.1 Å². The Labute approximate surface area is 167 Å². The van der Waals surface area contributed by atoms with Gasteiger partial charge in [0.15, 0.2) is 0 Å². The van der Waals surface area contributed by atoms with Crippen molar-refractivity contribution in [2.24, 2.45) is 5.92 Å². The van der Waals surface area contributed by atoms with E-state index in [-0.39, 0.29) is 24.8 Å². The molecule has 3 aliphatic rings. The molecule has 0 nitrogen and oxygen atoms in total. The van der Waals surface area contributed by atoms with Gasteiger partial charge < -0.3 is 24.8 Å². The molecule has 1 heterocycles. The summed E-state index contributed by atoms with van der Waals surface area (Å²) in [6.45, 7) is 4.78. The molecule has 128 valence electrons. The van der Waals surface area contributed by atoms with Gasteiger partial charge in [0.05, 0.1) is 0 Å². The molecule has 2 aliphatic carbocycles. The maximum atomic E-state index is 2.44. The Balaban J connectivity index is 0.000000911. The van der Waals surface area contributed by atoms with Crippen molar-refractivity contribution >= 4 is 0 Å². The third kappa shape index (κ3) is 2.66. The van der Waals surface area contributed by atoms with E-state index in [0.717, 1.165) is 3.63 Å². The summed E-state index contributed by atoms with van der Waals surface area (Å²) in [7, 11) is 0. The van der Waals surface area contributed by atoms with E-state index >= 15 is 0 Å². The monoisotopic (exact) mass is 446 g/mol. The van der Waals surface area contributed by atoms with E-state index in [1.807, 2.05) is 3.28 Å². The Morgan fingerprint density at radius 3 is 1.80 bits per heavy atom. The van der Waals surface area contributed by atoms with Crippen LogP contribution in [0.2, 0.25) is 8.26 Å². The SMILES string of the molecule is CC1=[C]([Zr+2]2([CH]3c4ccccc4-c4ccccc43)[CH2][CH2]2)C(C)C=C1.[Cl-].[Cl-]. The zero-order valence-corrected chi connectivity index (χ0v) is 18.6. The minimum absolute atomic E-state index is 0. The van der Waals surface area contributed by atoms with Gasteiger partial charge in [0.1, 0.15) is 0 Å². The van der Waals surface area contributed by atoms with Crippen LogP contribution in [-0.2, 0) is 20.3 Å². The molecule has 2 aromatic rings. The number of hydrogen-bond acceptors (Lipinski definition) is 0. The topological polar surface area (TPSA) is 0 Å². The van der Waals surface area contributed by atoms with Crippen molar-refractivity contribution in [3.63, 3.8) is 0 Å². The van der Waals surface area contributed by atoms with Gasteiger partial charge in [0.2, 0.25) is 0 Å². The molecule has 0 spiro atoms. The van der Waals surface area contributed by atoms with Gasteiger partial charge in [-0.3, -0.25) is 0 Å². The minimum atomic E-state index is -2.30. The van der Waals surface area contributed by atoms with Gasteiger partial charge in [-0.2, -0.15) is 0 Å². The number of fused-ring (bicyclic) bond motifs is 3. The zero-order chi connectivity index (χ0) is 15.6. The van der Waals surface area contributed by atoms with Gasteiger partial charge in [-0.05, 0) is 0 Å². The summed E-state index contributed by atoms with van der Waals surface area (Å²) in [5.41, 5.74) is 7.90. The van der Waals surface area contributed by atoms with Crippen LogP contribution in [0.3, 0.4) is 0 Å². The van der Waals surface area contributed by atoms with E-state index in [4.69, 9.17) is 0 Å². The molecule has 3 heteroatoms. The molecule has 1 atom stereocenters. The fourth-order valence-corrected chi connectivity index (χ4v) is 22.1.